The summed E-state index contributed by atoms with van der Waals surface area (Å²) in [5.41, 5.74) is 0.874. The topological polar surface area (TPSA) is 97.7 Å². The van der Waals surface area contributed by atoms with Crippen LogP contribution >= 0.6 is 11.6 Å². The van der Waals surface area contributed by atoms with Gasteiger partial charge in [0.1, 0.15) is 17.2 Å². The van der Waals surface area contributed by atoms with Gasteiger partial charge >= 0.3 is 6.61 Å². The number of aromatic amines is 2. The number of hydrogen-bond acceptors (Lipinski definition) is 4. The summed E-state index contributed by atoms with van der Waals surface area (Å²) in [6, 6.07) is 8.27. The molecule has 1 unspecified atom stereocenters. The Hall–Kier alpha value is -3.15. The summed E-state index contributed by atoms with van der Waals surface area (Å²) in [6.07, 6.45) is 1.52. The van der Waals surface area contributed by atoms with E-state index in [0.717, 1.165) is 0 Å². The van der Waals surface area contributed by atoms with Crippen LogP contribution in [0.4, 0.5) is 8.78 Å². The van der Waals surface area contributed by atoms with Crippen molar-refractivity contribution in [1.82, 2.24) is 15.0 Å². The van der Waals surface area contributed by atoms with Gasteiger partial charge in [-0.05, 0) is 43.7 Å². The molecule has 0 amide bonds. The van der Waals surface area contributed by atoms with Crippen molar-refractivity contribution in [2.45, 2.75) is 26.1 Å². The summed E-state index contributed by atoms with van der Waals surface area (Å²) < 4.78 is 30.9. The standard InChI is InChI=1S/C20H15ClF2N4O2/c1-9-5-14(29-19(22)23)16(15-11(21)8-25-17(9)15)20(2,28)18-26-12-4-3-10(7-24)6-13(12)27-18/h3-6,8,19,25,28H,1-2H3,(H,26,27). The fraction of sp³-hybridized carbons (Fsp3) is 0.200. The summed E-state index contributed by atoms with van der Waals surface area (Å²) in [6.45, 7) is 0.0473. The summed E-state index contributed by atoms with van der Waals surface area (Å²) >= 11 is 6.32. The minimum Gasteiger partial charge on any atom is -0.434 e. The highest BCUT2D eigenvalue weighted by Gasteiger charge is 2.36. The average Bonchev–Trinajstić information content (AvgIpc) is 3.25. The van der Waals surface area contributed by atoms with E-state index < -0.39 is 12.2 Å². The zero-order valence-electron chi connectivity index (χ0n) is 15.3. The lowest BCUT2D eigenvalue weighted by atomic mass is 9.90. The number of aryl methyl sites for hydroxylation is 1. The second kappa shape index (κ2) is 6.72. The number of benzene rings is 2. The van der Waals surface area contributed by atoms with Crippen LogP contribution in [0.3, 0.4) is 0 Å². The lowest BCUT2D eigenvalue weighted by molar-refractivity contribution is -0.0526. The van der Waals surface area contributed by atoms with Gasteiger partial charge in [-0.2, -0.15) is 14.0 Å². The maximum atomic E-state index is 13.1. The molecule has 2 heterocycles. The molecule has 0 aliphatic rings. The molecular formula is C20H15ClF2N4O2. The second-order valence-electron chi connectivity index (χ2n) is 6.83. The highest BCUT2D eigenvalue weighted by molar-refractivity contribution is 6.36. The Kier molecular flexibility index (Phi) is 4.45. The van der Waals surface area contributed by atoms with E-state index in [1.807, 2.05) is 6.07 Å². The minimum absolute atomic E-state index is 0.0595. The van der Waals surface area contributed by atoms with E-state index in [4.69, 9.17) is 21.6 Å². The predicted octanol–water partition coefficient (Wildman–Crippen LogP) is 4.73. The maximum absolute atomic E-state index is 13.1. The second-order valence-corrected chi connectivity index (χ2v) is 7.24. The van der Waals surface area contributed by atoms with Crippen LogP contribution in [0.25, 0.3) is 21.9 Å². The molecule has 0 radical (unpaired) electrons. The van der Waals surface area contributed by atoms with E-state index >= 15 is 0 Å². The lowest BCUT2D eigenvalue weighted by Gasteiger charge is -2.26. The van der Waals surface area contributed by atoms with Crippen LogP contribution in [0.2, 0.25) is 5.02 Å². The van der Waals surface area contributed by atoms with Crippen LogP contribution in [0.15, 0.2) is 30.5 Å². The number of fused-ring (bicyclic) bond motifs is 2. The SMILES string of the molecule is Cc1cc(OC(F)F)c(C(C)(O)c2nc3cc(C#N)ccc3[nH]2)c2c(Cl)c[nH]c12. The number of aromatic nitrogens is 3. The van der Waals surface area contributed by atoms with Gasteiger partial charge in [-0.1, -0.05) is 11.6 Å². The van der Waals surface area contributed by atoms with Crippen molar-refractivity contribution in [3.63, 3.8) is 0 Å². The molecule has 3 N–H and O–H groups in total. The van der Waals surface area contributed by atoms with Gasteiger partial charge in [0.05, 0.1) is 33.2 Å². The fourth-order valence-corrected chi connectivity index (χ4v) is 3.76. The third kappa shape index (κ3) is 3.09. The molecule has 148 valence electrons. The van der Waals surface area contributed by atoms with Crippen LogP contribution in [0.5, 0.6) is 5.75 Å². The molecule has 1 atom stereocenters. The average molecular weight is 417 g/mol. The van der Waals surface area contributed by atoms with E-state index in [1.165, 1.54) is 19.2 Å². The van der Waals surface area contributed by atoms with Crippen LogP contribution < -0.4 is 4.74 Å². The van der Waals surface area contributed by atoms with Gasteiger partial charge in [-0.3, -0.25) is 0 Å². The summed E-state index contributed by atoms with van der Waals surface area (Å²) in [5, 5.41) is 21.1. The number of rotatable bonds is 4. The van der Waals surface area contributed by atoms with Crippen molar-refractivity contribution in [1.29, 1.82) is 5.26 Å². The summed E-state index contributed by atoms with van der Waals surface area (Å²) in [4.78, 5) is 10.4. The molecule has 0 saturated heterocycles. The first-order valence-corrected chi connectivity index (χ1v) is 8.98. The molecule has 0 bridgehead atoms. The van der Waals surface area contributed by atoms with Crippen molar-refractivity contribution in [3.8, 4) is 11.8 Å². The van der Waals surface area contributed by atoms with Crippen LogP contribution in [-0.2, 0) is 5.60 Å². The van der Waals surface area contributed by atoms with Crippen molar-refractivity contribution in [2.75, 3.05) is 0 Å². The molecule has 4 aromatic rings. The molecule has 0 saturated carbocycles. The van der Waals surface area contributed by atoms with Crippen molar-refractivity contribution in [2.24, 2.45) is 0 Å². The van der Waals surface area contributed by atoms with E-state index in [1.54, 1.807) is 25.1 Å². The van der Waals surface area contributed by atoms with Gasteiger partial charge in [-0.15, -0.1) is 0 Å². The fourth-order valence-electron chi connectivity index (χ4n) is 3.52. The largest absolute Gasteiger partial charge is 0.434 e. The molecule has 2 aromatic carbocycles. The van der Waals surface area contributed by atoms with Crippen molar-refractivity contribution >= 4 is 33.5 Å². The monoisotopic (exact) mass is 416 g/mol. The first-order chi connectivity index (χ1) is 13.7. The number of halogens is 3. The van der Waals surface area contributed by atoms with Gasteiger partial charge in [0, 0.05) is 17.1 Å². The van der Waals surface area contributed by atoms with Gasteiger partial charge in [0.25, 0.3) is 0 Å². The minimum atomic E-state index is -3.09. The van der Waals surface area contributed by atoms with Gasteiger partial charge in [0.15, 0.2) is 0 Å². The molecular weight excluding hydrogens is 402 g/mol. The summed E-state index contributed by atoms with van der Waals surface area (Å²) in [5.74, 6) is -0.0983. The van der Waals surface area contributed by atoms with Crippen LogP contribution in [-0.4, -0.2) is 26.7 Å². The highest BCUT2D eigenvalue weighted by atomic mass is 35.5. The van der Waals surface area contributed by atoms with Crippen LogP contribution in [0.1, 0.15) is 29.4 Å². The molecule has 2 aromatic heterocycles. The predicted molar refractivity (Wildman–Crippen MR) is 104 cm³/mol. The van der Waals surface area contributed by atoms with E-state index in [-0.39, 0.29) is 22.2 Å². The smallest absolute Gasteiger partial charge is 0.387 e. The van der Waals surface area contributed by atoms with E-state index in [9.17, 15) is 13.9 Å². The Morgan fingerprint density at radius 2 is 2.10 bits per heavy atom. The number of alkyl halides is 2. The van der Waals surface area contributed by atoms with Crippen molar-refractivity contribution in [3.05, 3.63) is 58.0 Å². The molecule has 4 rings (SSSR count). The number of nitrogens with one attached hydrogen (secondary N) is 2. The zero-order chi connectivity index (χ0) is 20.9. The number of imidazole rings is 1. The molecule has 0 aliphatic carbocycles. The Bertz CT molecular complexity index is 1290. The lowest BCUT2D eigenvalue weighted by Crippen LogP contribution is -2.26. The molecule has 0 aliphatic heterocycles. The molecule has 0 fully saturated rings. The third-order valence-corrected chi connectivity index (χ3v) is 5.14. The number of aliphatic hydroxyl groups is 1. The molecule has 9 heteroatoms. The Balaban J connectivity index is 2.00. The van der Waals surface area contributed by atoms with Gasteiger partial charge in [-0.25, -0.2) is 4.98 Å². The quantitative estimate of drug-likeness (QED) is 0.447. The molecule has 29 heavy (non-hydrogen) atoms. The number of nitrogens with zero attached hydrogens (tertiary/aromatic N) is 2. The number of nitriles is 1. The first kappa shape index (κ1) is 19.2. The maximum Gasteiger partial charge on any atom is 0.387 e. The normalized spacial score (nSPS) is 13.7. The first-order valence-electron chi connectivity index (χ1n) is 8.60. The number of H-pyrrole nitrogens is 2. The Morgan fingerprint density at radius 3 is 2.79 bits per heavy atom. The highest BCUT2D eigenvalue weighted by Crippen LogP contribution is 2.44. The Labute approximate surface area is 168 Å². The Morgan fingerprint density at radius 1 is 1.34 bits per heavy atom. The van der Waals surface area contributed by atoms with E-state index in [2.05, 4.69) is 15.0 Å². The van der Waals surface area contributed by atoms with Crippen molar-refractivity contribution < 1.29 is 18.6 Å². The third-order valence-electron chi connectivity index (χ3n) is 4.85. The van der Waals surface area contributed by atoms with Gasteiger partial charge < -0.3 is 19.8 Å². The zero-order valence-corrected chi connectivity index (χ0v) is 16.1. The molecule has 6 nitrogen and oxygen atoms in total. The van der Waals surface area contributed by atoms with Gasteiger partial charge in [0.2, 0.25) is 0 Å². The number of ether oxygens (including phenoxy) is 1. The van der Waals surface area contributed by atoms with Crippen LogP contribution in [0, 0.1) is 18.3 Å². The molecule has 0 spiro atoms. The van der Waals surface area contributed by atoms with E-state index in [0.29, 0.717) is 33.1 Å². The number of hydrogen-bond donors (Lipinski definition) is 3. The summed E-state index contributed by atoms with van der Waals surface area (Å²) in [7, 11) is 0.